The fraction of sp³-hybridized carbons (Fsp3) is 0.769. The Morgan fingerprint density at radius 1 is 0.516 bits per heavy atom. The van der Waals surface area contributed by atoms with Crippen LogP contribution < -0.4 is 0 Å². The van der Waals surface area contributed by atoms with Crippen molar-refractivity contribution < 1.29 is 49.0 Å². The molecule has 1 heterocycles. The van der Waals surface area contributed by atoms with Gasteiger partial charge in [0.05, 0.1) is 19.6 Å². The zero-order valence-corrected chi connectivity index (χ0v) is 39.1. The smallest absolute Gasteiger partial charge is 0.310 e. The maximum atomic E-state index is 12.7. The third kappa shape index (κ3) is 33.0. The Hall–Kier alpha value is -2.60. The minimum atomic E-state index is -1.61. The molecule has 6 atom stereocenters. The normalized spacial score (nSPS) is 20.1. The van der Waals surface area contributed by atoms with Gasteiger partial charge in [0.2, 0.25) is 0 Å². The van der Waals surface area contributed by atoms with Crippen molar-refractivity contribution >= 4 is 11.9 Å². The van der Waals surface area contributed by atoms with Crippen LogP contribution in [0, 0.1) is 0 Å². The van der Waals surface area contributed by atoms with Crippen LogP contribution in [0.5, 0.6) is 0 Å². The third-order valence-corrected chi connectivity index (χ3v) is 11.2. The van der Waals surface area contributed by atoms with Gasteiger partial charge in [-0.1, -0.05) is 209 Å². The van der Waals surface area contributed by atoms with E-state index in [9.17, 15) is 30.0 Å². The Morgan fingerprint density at radius 2 is 0.935 bits per heavy atom. The number of carbonyl (C=O) groups is 2. The molecule has 0 aromatic heterocycles. The van der Waals surface area contributed by atoms with Crippen LogP contribution in [0.1, 0.15) is 200 Å². The van der Waals surface area contributed by atoms with Crippen LogP contribution in [0.4, 0.5) is 0 Å². The highest BCUT2D eigenvalue weighted by molar-refractivity contribution is 5.71. The average molecular weight is 875 g/mol. The maximum Gasteiger partial charge on any atom is 0.310 e. The minimum absolute atomic E-state index is 0.00249. The summed E-state index contributed by atoms with van der Waals surface area (Å²) in [6, 6.07) is 0. The Morgan fingerprint density at radius 3 is 1.37 bits per heavy atom. The number of rotatable bonds is 41. The lowest BCUT2D eigenvalue weighted by molar-refractivity contribution is -0.305. The van der Waals surface area contributed by atoms with E-state index in [-0.39, 0.29) is 26.1 Å². The molecule has 0 aromatic rings. The Balaban J connectivity index is 2.29. The quantitative estimate of drug-likeness (QED) is 0.0265. The summed E-state index contributed by atoms with van der Waals surface area (Å²) in [5.41, 5.74) is 0. The predicted octanol–water partition coefficient (Wildman–Crippen LogP) is 11.4. The standard InChI is InChI=1S/C52H90O10/c1-3-5-7-9-11-13-15-17-19-20-21-22-23-24-25-27-28-30-32-34-36-38-40-47(54)59-43-45(44-60-52-51(58)50(57)49(56)46(42-53)62-52)61-48(55)41-39-37-35-33-31-29-26-18-16-14-12-10-8-6-4-2/h6,8,12,14,18,26,31,33,37,39,45-46,49-53,56-58H,3-5,7,9-11,13,15-17,19-25,27-30,32,34-36,38,40-44H2,1-2H3/b8-6-,14-12-,26-18-,33-31-,39-37-. The zero-order valence-electron chi connectivity index (χ0n) is 39.1. The van der Waals surface area contributed by atoms with Crippen molar-refractivity contribution in [1.82, 2.24) is 0 Å². The molecule has 0 spiro atoms. The van der Waals surface area contributed by atoms with E-state index >= 15 is 0 Å². The molecule has 4 N–H and O–H groups in total. The van der Waals surface area contributed by atoms with Gasteiger partial charge in [-0.25, -0.2) is 0 Å². The van der Waals surface area contributed by atoms with E-state index in [0.29, 0.717) is 12.8 Å². The number of aliphatic hydroxyl groups is 4. The van der Waals surface area contributed by atoms with E-state index in [2.05, 4.69) is 56.4 Å². The van der Waals surface area contributed by atoms with Crippen LogP contribution in [-0.2, 0) is 28.5 Å². The molecule has 1 aliphatic rings. The molecular formula is C52H90O10. The topological polar surface area (TPSA) is 152 Å². The van der Waals surface area contributed by atoms with Crippen molar-refractivity contribution in [2.45, 2.75) is 237 Å². The van der Waals surface area contributed by atoms with Gasteiger partial charge >= 0.3 is 11.9 Å². The Labute approximate surface area is 377 Å². The second kappa shape index (κ2) is 42.4. The van der Waals surface area contributed by atoms with Crippen molar-refractivity contribution in [2.24, 2.45) is 0 Å². The monoisotopic (exact) mass is 875 g/mol. The lowest BCUT2D eigenvalue weighted by Crippen LogP contribution is -2.59. The van der Waals surface area contributed by atoms with Crippen molar-refractivity contribution in [3.8, 4) is 0 Å². The van der Waals surface area contributed by atoms with Gasteiger partial charge < -0.3 is 39.4 Å². The lowest BCUT2D eigenvalue weighted by atomic mass is 9.99. The maximum absolute atomic E-state index is 12.7. The van der Waals surface area contributed by atoms with Crippen LogP contribution in [-0.4, -0.2) is 89.0 Å². The van der Waals surface area contributed by atoms with E-state index in [1.807, 2.05) is 12.2 Å². The minimum Gasteiger partial charge on any atom is -0.462 e. The van der Waals surface area contributed by atoms with Gasteiger partial charge in [0, 0.05) is 6.42 Å². The number of esters is 2. The van der Waals surface area contributed by atoms with Gasteiger partial charge in [0.1, 0.15) is 31.0 Å². The van der Waals surface area contributed by atoms with Crippen molar-refractivity contribution in [2.75, 3.05) is 19.8 Å². The molecule has 10 nitrogen and oxygen atoms in total. The fourth-order valence-corrected chi connectivity index (χ4v) is 7.32. The first-order valence-corrected chi connectivity index (χ1v) is 24.9. The van der Waals surface area contributed by atoms with Gasteiger partial charge in [-0.15, -0.1) is 0 Å². The highest BCUT2D eigenvalue weighted by Crippen LogP contribution is 2.23. The third-order valence-electron chi connectivity index (χ3n) is 11.2. The molecule has 0 saturated carbocycles. The number of allylic oxidation sites excluding steroid dienone is 9. The van der Waals surface area contributed by atoms with Crippen LogP contribution in [0.15, 0.2) is 60.8 Å². The summed E-state index contributed by atoms with van der Waals surface area (Å²) in [6.07, 6.45) is 45.5. The van der Waals surface area contributed by atoms with E-state index in [0.717, 1.165) is 38.5 Å². The highest BCUT2D eigenvalue weighted by atomic mass is 16.7. The molecule has 0 aromatic carbocycles. The molecule has 6 unspecified atom stereocenters. The molecule has 1 saturated heterocycles. The van der Waals surface area contributed by atoms with Gasteiger partial charge in [-0.05, 0) is 38.5 Å². The largest absolute Gasteiger partial charge is 0.462 e. The molecule has 1 rings (SSSR count). The second-order valence-electron chi connectivity index (χ2n) is 16.9. The van der Waals surface area contributed by atoms with Gasteiger partial charge in [0.25, 0.3) is 0 Å². The molecule has 1 aliphatic heterocycles. The van der Waals surface area contributed by atoms with Crippen LogP contribution in [0.3, 0.4) is 0 Å². The number of aliphatic hydroxyl groups excluding tert-OH is 4. The highest BCUT2D eigenvalue weighted by Gasteiger charge is 2.44. The number of hydrogen-bond donors (Lipinski definition) is 4. The Kier molecular flexibility index (Phi) is 39.2. The summed E-state index contributed by atoms with van der Waals surface area (Å²) in [4.78, 5) is 25.3. The molecule has 0 amide bonds. The molecule has 0 aliphatic carbocycles. The fourth-order valence-electron chi connectivity index (χ4n) is 7.32. The average Bonchev–Trinajstić information content (AvgIpc) is 3.27. The van der Waals surface area contributed by atoms with Crippen molar-refractivity contribution in [3.63, 3.8) is 0 Å². The summed E-state index contributed by atoms with van der Waals surface area (Å²) in [5, 5.41) is 40.1. The Bertz CT molecular complexity index is 1190. The molecule has 0 bridgehead atoms. The van der Waals surface area contributed by atoms with Crippen LogP contribution >= 0.6 is 0 Å². The van der Waals surface area contributed by atoms with E-state index < -0.39 is 55.4 Å². The van der Waals surface area contributed by atoms with E-state index in [4.69, 9.17) is 18.9 Å². The van der Waals surface area contributed by atoms with Crippen molar-refractivity contribution in [3.05, 3.63) is 60.8 Å². The van der Waals surface area contributed by atoms with Crippen molar-refractivity contribution in [1.29, 1.82) is 0 Å². The number of unbranched alkanes of at least 4 members (excludes halogenated alkanes) is 21. The first-order valence-electron chi connectivity index (χ1n) is 24.9. The van der Waals surface area contributed by atoms with E-state index in [1.165, 1.54) is 122 Å². The van der Waals surface area contributed by atoms with E-state index in [1.54, 1.807) is 6.08 Å². The molecule has 0 radical (unpaired) electrons. The molecule has 358 valence electrons. The summed E-state index contributed by atoms with van der Waals surface area (Å²) in [6.45, 7) is 3.23. The number of ether oxygens (including phenoxy) is 4. The summed E-state index contributed by atoms with van der Waals surface area (Å²) in [7, 11) is 0. The molecule has 10 heteroatoms. The first kappa shape index (κ1) is 57.4. The molecule has 1 fully saturated rings. The number of hydrogen-bond acceptors (Lipinski definition) is 10. The van der Waals surface area contributed by atoms with Gasteiger partial charge in [-0.3, -0.25) is 9.59 Å². The SMILES string of the molecule is CC/C=C\C/C=C\C/C=C\C/C=C\C/C=C\CC(=O)OC(COC(=O)CCCCCCCCCCCCCCCCCCCCCCCC)COC1OC(CO)C(O)C(O)C1O. The lowest BCUT2D eigenvalue weighted by Gasteiger charge is -2.39. The van der Waals surface area contributed by atoms with Gasteiger partial charge in [-0.2, -0.15) is 0 Å². The first-order chi connectivity index (χ1) is 30.3. The van der Waals surface area contributed by atoms with Crippen LogP contribution in [0.25, 0.3) is 0 Å². The molecule has 62 heavy (non-hydrogen) atoms. The summed E-state index contributed by atoms with van der Waals surface area (Å²) >= 11 is 0. The van der Waals surface area contributed by atoms with Crippen LogP contribution in [0.2, 0.25) is 0 Å². The zero-order chi connectivity index (χ0) is 45.1. The summed E-state index contributed by atoms with van der Waals surface area (Å²) < 4.78 is 22.1. The summed E-state index contributed by atoms with van der Waals surface area (Å²) in [5.74, 6) is -0.950. The predicted molar refractivity (Wildman–Crippen MR) is 251 cm³/mol. The second-order valence-corrected chi connectivity index (χ2v) is 16.9. The molecular weight excluding hydrogens is 785 g/mol. The number of carbonyl (C=O) groups excluding carboxylic acids is 2. The van der Waals surface area contributed by atoms with Gasteiger partial charge in [0.15, 0.2) is 12.4 Å².